The Morgan fingerprint density at radius 3 is 2.31 bits per heavy atom. The van der Waals surface area contributed by atoms with E-state index in [1.165, 1.54) is 5.19 Å². The van der Waals surface area contributed by atoms with E-state index in [0.29, 0.717) is 6.79 Å². The Morgan fingerprint density at radius 2 is 1.77 bits per heavy atom. The molecule has 0 heterocycles. The predicted octanol–water partition coefficient (Wildman–Crippen LogP) is 1.72. The van der Waals surface area contributed by atoms with Crippen molar-refractivity contribution < 1.29 is 9.16 Å². The van der Waals surface area contributed by atoms with E-state index in [-0.39, 0.29) is 0 Å². The summed E-state index contributed by atoms with van der Waals surface area (Å²) in [6.07, 6.45) is 0. The molecule has 2 nitrogen and oxygen atoms in total. The van der Waals surface area contributed by atoms with Crippen molar-refractivity contribution in [2.24, 2.45) is 0 Å². The third-order valence-electron chi connectivity index (χ3n) is 2.01. The first kappa shape index (κ1) is 10.4. The molecule has 1 aromatic rings. The van der Waals surface area contributed by atoms with E-state index in [1.54, 1.807) is 7.11 Å². The van der Waals surface area contributed by atoms with Crippen molar-refractivity contribution >= 4 is 13.5 Å². The lowest BCUT2D eigenvalue weighted by Gasteiger charge is -2.22. The van der Waals surface area contributed by atoms with E-state index in [0.717, 1.165) is 0 Å². The lowest BCUT2D eigenvalue weighted by molar-refractivity contribution is 0.0471. The van der Waals surface area contributed by atoms with Crippen molar-refractivity contribution in [1.29, 1.82) is 0 Å². The zero-order valence-corrected chi connectivity index (χ0v) is 9.41. The lowest BCUT2D eigenvalue weighted by atomic mass is 10.4. The molecule has 13 heavy (non-hydrogen) atoms. The van der Waals surface area contributed by atoms with Gasteiger partial charge in [0.15, 0.2) is 0 Å². The Balaban J connectivity index is 2.69. The van der Waals surface area contributed by atoms with Crippen LogP contribution in [0.4, 0.5) is 0 Å². The van der Waals surface area contributed by atoms with E-state index < -0.39 is 8.32 Å². The van der Waals surface area contributed by atoms with Gasteiger partial charge in [0.05, 0.1) is 0 Å². The number of benzene rings is 1. The minimum Gasteiger partial charge on any atom is -0.391 e. The molecule has 0 saturated carbocycles. The van der Waals surface area contributed by atoms with Gasteiger partial charge in [0.25, 0.3) is 0 Å². The van der Waals surface area contributed by atoms with Gasteiger partial charge in [0.2, 0.25) is 8.32 Å². The fraction of sp³-hybridized carbons (Fsp3) is 0.400. The third kappa shape index (κ3) is 2.95. The van der Waals surface area contributed by atoms with Crippen LogP contribution in [-0.4, -0.2) is 22.2 Å². The Morgan fingerprint density at radius 1 is 1.15 bits per heavy atom. The first-order valence-electron chi connectivity index (χ1n) is 4.35. The van der Waals surface area contributed by atoms with Gasteiger partial charge in [-0.05, 0) is 18.3 Å². The van der Waals surface area contributed by atoms with Crippen LogP contribution in [0.5, 0.6) is 0 Å². The Hall–Kier alpha value is -0.643. The molecule has 0 aromatic heterocycles. The van der Waals surface area contributed by atoms with Crippen LogP contribution in [0.2, 0.25) is 13.1 Å². The smallest absolute Gasteiger partial charge is 0.221 e. The Labute approximate surface area is 80.6 Å². The second kappa shape index (κ2) is 4.55. The number of ether oxygens (including phenoxy) is 1. The van der Waals surface area contributed by atoms with Gasteiger partial charge in [-0.3, -0.25) is 0 Å². The summed E-state index contributed by atoms with van der Waals surface area (Å²) in [6, 6.07) is 10.3. The van der Waals surface area contributed by atoms with Crippen molar-refractivity contribution in [2.75, 3.05) is 13.9 Å². The zero-order valence-electron chi connectivity index (χ0n) is 8.41. The summed E-state index contributed by atoms with van der Waals surface area (Å²) < 4.78 is 10.6. The fourth-order valence-electron chi connectivity index (χ4n) is 1.13. The second-order valence-electron chi connectivity index (χ2n) is 3.43. The average Bonchev–Trinajstić information content (AvgIpc) is 2.16. The quantitative estimate of drug-likeness (QED) is 0.539. The highest BCUT2D eigenvalue weighted by atomic mass is 28.4. The molecule has 0 aliphatic rings. The molecule has 3 heteroatoms. The highest BCUT2D eigenvalue weighted by Crippen LogP contribution is 2.04. The first-order valence-corrected chi connectivity index (χ1v) is 7.26. The number of hydrogen-bond acceptors (Lipinski definition) is 2. The monoisotopic (exact) mass is 196 g/mol. The van der Waals surface area contributed by atoms with Crippen molar-refractivity contribution in [3.05, 3.63) is 30.3 Å². The molecule has 0 fully saturated rings. The molecular weight excluding hydrogens is 180 g/mol. The van der Waals surface area contributed by atoms with Crippen LogP contribution in [0.3, 0.4) is 0 Å². The van der Waals surface area contributed by atoms with E-state index in [2.05, 4.69) is 25.2 Å². The molecule has 0 saturated heterocycles. The summed E-state index contributed by atoms with van der Waals surface area (Å²) in [5.74, 6) is 0. The molecule has 0 N–H and O–H groups in total. The van der Waals surface area contributed by atoms with Crippen molar-refractivity contribution in [3.8, 4) is 0 Å². The van der Waals surface area contributed by atoms with E-state index >= 15 is 0 Å². The first-order chi connectivity index (χ1) is 6.17. The minimum absolute atomic E-state index is 0.383. The summed E-state index contributed by atoms with van der Waals surface area (Å²) in [7, 11) is -0.0771. The highest BCUT2D eigenvalue weighted by Gasteiger charge is 2.24. The van der Waals surface area contributed by atoms with Crippen LogP contribution in [0, 0.1) is 0 Å². The molecule has 0 radical (unpaired) electrons. The predicted molar refractivity (Wildman–Crippen MR) is 56.5 cm³/mol. The van der Waals surface area contributed by atoms with Gasteiger partial charge in [-0.25, -0.2) is 0 Å². The number of rotatable bonds is 4. The van der Waals surface area contributed by atoms with Crippen LogP contribution in [0.15, 0.2) is 30.3 Å². The highest BCUT2D eigenvalue weighted by molar-refractivity contribution is 6.84. The van der Waals surface area contributed by atoms with E-state index in [1.807, 2.05) is 18.2 Å². The van der Waals surface area contributed by atoms with Gasteiger partial charge in [0.1, 0.15) is 6.79 Å². The standard InChI is InChI=1S/C10H16O2Si/c1-11-9-12-13(2,3)10-7-5-4-6-8-10/h4-8H,9H2,1-3H3. The minimum atomic E-state index is -1.73. The molecular formula is C10H16O2Si. The maximum atomic E-state index is 5.68. The van der Waals surface area contributed by atoms with Gasteiger partial charge in [-0.1, -0.05) is 30.3 Å². The zero-order chi connectivity index (χ0) is 9.73. The third-order valence-corrected chi connectivity index (χ3v) is 4.57. The largest absolute Gasteiger partial charge is 0.391 e. The van der Waals surface area contributed by atoms with Crippen molar-refractivity contribution in [3.63, 3.8) is 0 Å². The van der Waals surface area contributed by atoms with Crippen LogP contribution < -0.4 is 5.19 Å². The molecule has 1 rings (SSSR count). The van der Waals surface area contributed by atoms with E-state index in [9.17, 15) is 0 Å². The molecule has 0 bridgehead atoms. The Kier molecular flexibility index (Phi) is 3.66. The summed E-state index contributed by atoms with van der Waals surface area (Å²) in [6.45, 7) is 4.72. The van der Waals surface area contributed by atoms with Gasteiger partial charge in [-0.15, -0.1) is 0 Å². The molecule has 0 aliphatic carbocycles. The summed E-state index contributed by atoms with van der Waals surface area (Å²) in [5, 5.41) is 1.30. The normalized spacial score (nSPS) is 11.6. The molecule has 0 spiro atoms. The van der Waals surface area contributed by atoms with Crippen molar-refractivity contribution in [1.82, 2.24) is 0 Å². The molecule has 1 aromatic carbocycles. The summed E-state index contributed by atoms with van der Waals surface area (Å²) in [4.78, 5) is 0. The van der Waals surface area contributed by atoms with Crippen LogP contribution in [-0.2, 0) is 9.16 Å². The SMILES string of the molecule is COCO[Si](C)(C)c1ccccc1. The molecule has 72 valence electrons. The topological polar surface area (TPSA) is 18.5 Å². The van der Waals surface area contributed by atoms with E-state index in [4.69, 9.17) is 9.16 Å². The second-order valence-corrected chi connectivity index (χ2v) is 7.31. The van der Waals surface area contributed by atoms with Gasteiger partial charge in [0, 0.05) is 7.11 Å². The van der Waals surface area contributed by atoms with Gasteiger partial charge in [-0.2, -0.15) is 0 Å². The van der Waals surface area contributed by atoms with Crippen LogP contribution in [0.1, 0.15) is 0 Å². The summed E-state index contributed by atoms with van der Waals surface area (Å²) >= 11 is 0. The van der Waals surface area contributed by atoms with Crippen LogP contribution >= 0.6 is 0 Å². The molecule has 0 atom stereocenters. The maximum Gasteiger partial charge on any atom is 0.221 e. The fourth-order valence-corrected chi connectivity index (χ4v) is 2.70. The lowest BCUT2D eigenvalue weighted by Crippen LogP contribution is -2.45. The Bertz CT molecular complexity index is 246. The van der Waals surface area contributed by atoms with Gasteiger partial charge >= 0.3 is 0 Å². The van der Waals surface area contributed by atoms with Crippen LogP contribution in [0.25, 0.3) is 0 Å². The van der Waals surface area contributed by atoms with Gasteiger partial charge < -0.3 is 9.16 Å². The molecule has 0 unspecified atom stereocenters. The number of hydrogen-bond donors (Lipinski definition) is 0. The average molecular weight is 196 g/mol. The molecule has 0 amide bonds. The molecule has 0 aliphatic heterocycles. The summed E-state index contributed by atoms with van der Waals surface area (Å²) in [5.41, 5.74) is 0. The number of methoxy groups -OCH3 is 1. The maximum absolute atomic E-state index is 5.68. The van der Waals surface area contributed by atoms with Crippen molar-refractivity contribution in [2.45, 2.75) is 13.1 Å².